The van der Waals surface area contributed by atoms with Crippen LogP contribution in [0.3, 0.4) is 0 Å². The average molecular weight is 291 g/mol. The Kier molecular flexibility index (Phi) is 4.45. The van der Waals surface area contributed by atoms with Crippen LogP contribution in [0.25, 0.3) is 0 Å². The molecule has 2 N–H and O–H groups in total. The molecule has 6 heteroatoms. The third-order valence-electron chi connectivity index (χ3n) is 4.26. The van der Waals surface area contributed by atoms with Crippen LogP contribution in [0.15, 0.2) is 18.2 Å². The first kappa shape index (κ1) is 15.3. The lowest BCUT2D eigenvalue weighted by Crippen LogP contribution is -2.40. The molecule has 1 aromatic carbocycles. The lowest BCUT2D eigenvalue weighted by atomic mass is 9.86. The molecule has 1 saturated carbocycles. The van der Waals surface area contributed by atoms with Crippen LogP contribution in [-0.2, 0) is 0 Å². The van der Waals surface area contributed by atoms with Gasteiger partial charge >= 0.3 is 5.69 Å². The molecule has 1 aromatic rings. The highest BCUT2D eigenvalue weighted by molar-refractivity contribution is 6.00. The molecule has 114 valence electrons. The summed E-state index contributed by atoms with van der Waals surface area (Å²) >= 11 is 0. The van der Waals surface area contributed by atoms with E-state index in [-0.39, 0.29) is 28.9 Å². The summed E-state index contributed by atoms with van der Waals surface area (Å²) in [5.74, 6) is 0.253. The number of benzene rings is 1. The number of para-hydroxylation sites is 1. The highest BCUT2D eigenvalue weighted by Gasteiger charge is 2.30. The van der Waals surface area contributed by atoms with Gasteiger partial charge in [-0.2, -0.15) is 0 Å². The van der Waals surface area contributed by atoms with Crippen LogP contribution in [-0.4, -0.2) is 28.8 Å². The Morgan fingerprint density at radius 1 is 1.43 bits per heavy atom. The van der Waals surface area contributed by atoms with Gasteiger partial charge in [0.05, 0.1) is 4.92 Å². The highest BCUT2D eigenvalue weighted by Crippen LogP contribution is 2.30. The Morgan fingerprint density at radius 2 is 2.14 bits per heavy atom. The van der Waals surface area contributed by atoms with Crippen molar-refractivity contribution in [1.82, 2.24) is 4.90 Å². The van der Waals surface area contributed by atoms with E-state index in [0.29, 0.717) is 5.92 Å². The van der Waals surface area contributed by atoms with Crippen molar-refractivity contribution in [3.8, 4) is 0 Å². The molecule has 0 spiro atoms. The predicted octanol–water partition coefficient (Wildman–Crippen LogP) is 2.83. The summed E-state index contributed by atoms with van der Waals surface area (Å²) < 4.78 is 0. The number of nitrogens with two attached hydrogens (primary N) is 1. The third-order valence-corrected chi connectivity index (χ3v) is 4.26. The van der Waals surface area contributed by atoms with Gasteiger partial charge in [0.1, 0.15) is 11.3 Å². The molecule has 2 unspecified atom stereocenters. The maximum atomic E-state index is 12.6. The zero-order valence-corrected chi connectivity index (χ0v) is 12.4. The monoisotopic (exact) mass is 291 g/mol. The summed E-state index contributed by atoms with van der Waals surface area (Å²) in [4.78, 5) is 24.8. The number of nitro benzene ring substituents is 1. The Balaban J connectivity index is 2.27. The van der Waals surface area contributed by atoms with E-state index in [1.807, 2.05) is 0 Å². The largest absolute Gasteiger partial charge is 0.393 e. The maximum absolute atomic E-state index is 12.6. The number of anilines is 1. The fraction of sp³-hybridized carbons (Fsp3) is 0.533. The molecular weight excluding hydrogens is 270 g/mol. The Hall–Kier alpha value is -2.11. The summed E-state index contributed by atoms with van der Waals surface area (Å²) in [6, 6.07) is 4.63. The zero-order valence-electron chi connectivity index (χ0n) is 12.4. The first-order chi connectivity index (χ1) is 9.91. The fourth-order valence-corrected chi connectivity index (χ4v) is 3.05. The number of nitrogens with zero attached hydrogens (tertiary/aromatic N) is 2. The number of rotatable bonds is 3. The van der Waals surface area contributed by atoms with Crippen molar-refractivity contribution in [3.05, 3.63) is 33.9 Å². The summed E-state index contributed by atoms with van der Waals surface area (Å²) in [6.07, 6.45) is 4.15. The molecular formula is C15H21N3O3. The van der Waals surface area contributed by atoms with Crippen LogP contribution in [0, 0.1) is 16.0 Å². The minimum absolute atomic E-state index is 0.0243. The molecule has 1 aliphatic carbocycles. The van der Waals surface area contributed by atoms with E-state index >= 15 is 0 Å². The van der Waals surface area contributed by atoms with Gasteiger partial charge in [-0.15, -0.1) is 0 Å². The lowest BCUT2D eigenvalue weighted by molar-refractivity contribution is -0.384. The standard InChI is InChI=1S/C15H21N3O3/c1-10-5-3-6-11(9-10)17(2)15(19)12-7-4-8-13(16)14(12)18(20)21/h4,7-8,10-11H,3,5-6,9,16H2,1-2H3. The number of nitro groups is 1. The van der Waals surface area contributed by atoms with Crippen LogP contribution in [0.4, 0.5) is 11.4 Å². The molecule has 1 amide bonds. The van der Waals surface area contributed by atoms with Crippen molar-refractivity contribution in [2.24, 2.45) is 5.92 Å². The number of hydrogen-bond acceptors (Lipinski definition) is 4. The molecule has 0 aliphatic heterocycles. The van der Waals surface area contributed by atoms with Crippen LogP contribution < -0.4 is 5.73 Å². The molecule has 21 heavy (non-hydrogen) atoms. The Bertz CT molecular complexity index is 559. The second-order valence-electron chi connectivity index (χ2n) is 5.84. The zero-order chi connectivity index (χ0) is 15.6. The van der Waals surface area contributed by atoms with Crippen LogP contribution >= 0.6 is 0 Å². The molecule has 2 atom stereocenters. The van der Waals surface area contributed by atoms with Crippen molar-refractivity contribution in [2.75, 3.05) is 12.8 Å². The van der Waals surface area contributed by atoms with E-state index < -0.39 is 4.92 Å². The minimum Gasteiger partial charge on any atom is -0.393 e. The molecule has 2 rings (SSSR count). The van der Waals surface area contributed by atoms with Gasteiger partial charge in [0.25, 0.3) is 5.91 Å². The summed E-state index contributed by atoms with van der Waals surface area (Å²) in [7, 11) is 1.72. The van der Waals surface area contributed by atoms with E-state index in [0.717, 1.165) is 19.3 Å². The van der Waals surface area contributed by atoms with Crippen molar-refractivity contribution in [2.45, 2.75) is 38.6 Å². The van der Waals surface area contributed by atoms with Gasteiger partial charge in [-0.1, -0.05) is 25.8 Å². The van der Waals surface area contributed by atoms with E-state index in [9.17, 15) is 14.9 Å². The van der Waals surface area contributed by atoms with Crippen molar-refractivity contribution in [1.29, 1.82) is 0 Å². The first-order valence-corrected chi connectivity index (χ1v) is 7.21. The van der Waals surface area contributed by atoms with Crippen LogP contribution in [0.5, 0.6) is 0 Å². The highest BCUT2D eigenvalue weighted by atomic mass is 16.6. The second-order valence-corrected chi connectivity index (χ2v) is 5.84. The van der Waals surface area contributed by atoms with Gasteiger partial charge in [0.2, 0.25) is 0 Å². The van der Waals surface area contributed by atoms with E-state index in [2.05, 4.69) is 6.92 Å². The predicted molar refractivity (Wildman–Crippen MR) is 81.0 cm³/mol. The number of nitrogen functional groups attached to an aromatic ring is 1. The molecule has 0 radical (unpaired) electrons. The Labute approximate surface area is 124 Å². The molecule has 6 nitrogen and oxygen atoms in total. The van der Waals surface area contributed by atoms with Gasteiger partial charge in [0, 0.05) is 13.1 Å². The fourth-order valence-electron chi connectivity index (χ4n) is 3.05. The Morgan fingerprint density at radius 3 is 2.76 bits per heavy atom. The summed E-state index contributed by atoms with van der Waals surface area (Å²) in [5.41, 5.74) is 5.45. The molecule has 0 saturated heterocycles. The SMILES string of the molecule is CC1CCCC(N(C)C(=O)c2cccc(N)c2[N+](=O)[O-])C1. The van der Waals surface area contributed by atoms with Crippen LogP contribution in [0.1, 0.15) is 43.0 Å². The number of amides is 1. The number of hydrogen-bond donors (Lipinski definition) is 1. The van der Waals surface area contributed by atoms with Gasteiger partial charge in [-0.25, -0.2) is 0 Å². The smallest absolute Gasteiger partial charge is 0.304 e. The van der Waals surface area contributed by atoms with E-state index in [4.69, 9.17) is 5.73 Å². The first-order valence-electron chi connectivity index (χ1n) is 7.21. The van der Waals surface area contributed by atoms with Gasteiger partial charge in [-0.3, -0.25) is 14.9 Å². The quantitative estimate of drug-likeness (QED) is 0.527. The second kappa shape index (κ2) is 6.11. The van der Waals surface area contributed by atoms with Gasteiger partial charge < -0.3 is 10.6 Å². The van der Waals surface area contributed by atoms with Gasteiger partial charge in [0.15, 0.2) is 0 Å². The van der Waals surface area contributed by atoms with Crippen molar-refractivity contribution < 1.29 is 9.72 Å². The topological polar surface area (TPSA) is 89.5 Å². The summed E-state index contributed by atoms with van der Waals surface area (Å²) in [5, 5.41) is 11.2. The third kappa shape index (κ3) is 3.15. The molecule has 0 aromatic heterocycles. The molecule has 0 heterocycles. The maximum Gasteiger partial charge on any atom is 0.304 e. The van der Waals surface area contributed by atoms with Crippen molar-refractivity contribution in [3.63, 3.8) is 0 Å². The minimum atomic E-state index is -0.583. The lowest BCUT2D eigenvalue weighted by Gasteiger charge is -2.34. The molecule has 1 aliphatic rings. The molecule has 0 bridgehead atoms. The van der Waals surface area contributed by atoms with E-state index in [1.54, 1.807) is 18.0 Å². The van der Waals surface area contributed by atoms with Crippen LogP contribution in [0.2, 0.25) is 0 Å². The average Bonchev–Trinajstić information content (AvgIpc) is 2.45. The molecule has 1 fully saturated rings. The van der Waals surface area contributed by atoms with Crippen molar-refractivity contribution >= 4 is 17.3 Å². The number of carbonyl (C=O) groups is 1. The van der Waals surface area contributed by atoms with Gasteiger partial charge in [-0.05, 0) is 30.9 Å². The normalized spacial score (nSPS) is 21.8. The number of carbonyl (C=O) groups excluding carboxylic acids is 1. The van der Waals surface area contributed by atoms with E-state index in [1.165, 1.54) is 18.6 Å². The summed E-state index contributed by atoms with van der Waals surface area (Å²) in [6.45, 7) is 2.17.